The third-order valence-electron chi connectivity index (χ3n) is 5.39. The van der Waals surface area contributed by atoms with Crippen LogP contribution in [0.15, 0.2) is 24.3 Å². The fraction of sp³-hybridized carbons (Fsp3) is 0.619. The Bertz CT molecular complexity index is 641. The summed E-state index contributed by atoms with van der Waals surface area (Å²) in [5.41, 5.74) is 1.28. The summed E-state index contributed by atoms with van der Waals surface area (Å²) in [5, 5.41) is 2.93. The molecule has 0 bridgehead atoms. The first-order valence-electron chi connectivity index (χ1n) is 9.95. The van der Waals surface area contributed by atoms with Gasteiger partial charge in [-0.15, -0.1) is 11.8 Å². The van der Waals surface area contributed by atoms with Crippen LogP contribution in [-0.2, 0) is 9.59 Å². The molecular formula is C21H30N2O3S. The van der Waals surface area contributed by atoms with Crippen molar-refractivity contribution in [1.29, 1.82) is 0 Å². The molecule has 1 atom stereocenters. The number of nitrogens with one attached hydrogen (secondary N) is 1. The zero-order valence-corrected chi connectivity index (χ0v) is 17.1. The van der Waals surface area contributed by atoms with Crippen molar-refractivity contribution in [3.8, 4) is 5.75 Å². The largest absolute Gasteiger partial charge is 0.492 e. The molecule has 1 heterocycles. The van der Waals surface area contributed by atoms with Crippen LogP contribution < -0.4 is 10.1 Å². The first kappa shape index (κ1) is 20.1. The van der Waals surface area contributed by atoms with E-state index < -0.39 is 0 Å². The summed E-state index contributed by atoms with van der Waals surface area (Å²) < 4.78 is 5.71. The van der Waals surface area contributed by atoms with E-state index in [0.717, 1.165) is 31.4 Å². The maximum absolute atomic E-state index is 12.7. The number of carbonyl (C=O) groups excluding carboxylic acids is 2. The van der Waals surface area contributed by atoms with Gasteiger partial charge in [0.1, 0.15) is 18.4 Å². The minimum absolute atomic E-state index is 0.0647. The Labute approximate surface area is 166 Å². The predicted octanol–water partition coefficient (Wildman–Crippen LogP) is 3.40. The van der Waals surface area contributed by atoms with Gasteiger partial charge in [0.15, 0.2) is 0 Å². The Morgan fingerprint density at radius 1 is 1.22 bits per heavy atom. The molecule has 2 aliphatic rings. The van der Waals surface area contributed by atoms with Gasteiger partial charge in [0.2, 0.25) is 11.8 Å². The molecule has 1 saturated heterocycles. The van der Waals surface area contributed by atoms with Crippen LogP contribution in [0.1, 0.15) is 51.0 Å². The average Bonchev–Trinajstić information content (AvgIpc) is 3.36. The fourth-order valence-corrected chi connectivity index (χ4v) is 4.86. The van der Waals surface area contributed by atoms with Gasteiger partial charge in [-0.2, -0.15) is 0 Å². The number of hydrogen-bond acceptors (Lipinski definition) is 4. The molecule has 1 aliphatic heterocycles. The average molecular weight is 391 g/mol. The summed E-state index contributed by atoms with van der Waals surface area (Å²) in [6.07, 6.45) is 4.20. The molecular weight excluding hydrogens is 360 g/mol. The molecule has 1 N–H and O–H groups in total. The Balaban J connectivity index is 1.42. The second kappa shape index (κ2) is 9.49. The van der Waals surface area contributed by atoms with Gasteiger partial charge in [0, 0.05) is 11.7 Å². The minimum Gasteiger partial charge on any atom is -0.492 e. The number of carbonyl (C=O) groups is 2. The summed E-state index contributed by atoms with van der Waals surface area (Å²) in [7, 11) is 0. The highest BCUT2D eigenvalue weighted by Gasteiger charge is 2.38. The van der Waals surface area contributed by atoms with Gasteiger partial charge in [-0.3, -0.25) is 9.59 Å². The quantitative estimate of drug-likeness (QED) is 0.725. The molecule has 1 aromatic carbocycles. The van der Waals surface area contributed by atoms with Gasteiger partial charge >= 0.3 is 0 Å². The Hall–Kier alpha value is -1.69. The molecule has 1 aliphatic carbocycles. The van der Waals surface area contributed by atoms with Gasteiger partial charge in [-0.05, 0) is 36.5 Å². The van der Waals surface area contributed by atoms with E-state index in [2.05, 4.69) is 31.3 Å². The lowest BCUT2D eigenvalue weighted by atomic mass is 10.0. The van der Waals surface area contributed by atoms with E-state index in [1.54, 1.807) is 16.7 Å². The molecule has 1 saturated carbocycles. The molecule has 27 heavy (non-hydrogen) atoms. The second-order valence-corrected chi connectivity index (χ2v) is 8.67. The number of benzene rings is 1. The summed E-state index contributed by atoms with van der Waals surface area (Å²) in [6.45, 7) is 5.18. The van der Waals surface area contributed by atoms with Crippen molar-refractivity contribution in [3.05, 3.63) is 29.8 Å². The van der Waals surface area contributed by atoms with Crippen LogP contribution in [-0.4, -0.2) is 47.5 Å². The number of thioether (sulfide) groups is 1. The van der Waals surface area contributed by atoms with Crippen LogP contribution in [0.2, 0.25) is 0 Å². The molecule has 148 valence electrons. The van der Waals surface area contributed by atoms with Crippen LogP contribution in [0.4, 0.5) is 0 Å². The van der Waals surface area contributed by atoms with E-state index in [1.165, 1.54) is 5.56 Å². The molecule has 0 aromatic heterocycles. The van der Waals surface area contributed by atoms with Crippen molar-refractivity contribution in [1.82, 2.24) is 10.2 Å². The van der Waals surface area contributed by atoms with E-state index in [9.17, 15) is 9.59 Å². The maximum Gasteiger partial charge on any atom is 0.243 e. The third kappa shape index (κ3) is 5.18. The van der Waals surface area contributed by atoms with Crippen LogP contribution in [0.25, 0.3) is 0 Å². The second-order valence-electron chi connectivity index (χ2n) is 7.67. The standard InChI is InChI=1S/C21H30N2O3S/c1-15(2)16-7-9-18(10-8-16)26-12-11-22-20(24)19-13-27-14-23(19)21(25)17-5-3-4-6-17/h7-10,15,17,19H,3-6,11-14H2,1-2H3,(H,22,24). The van der Waals surface area contributed by atoms with Crippen LogP contribution in [0.3, 0.4) is 0 Å². The number of ether oxygens (including phenoxy) is 1. The first-order chi connectivity index (χ1) is 13.1. The van der Waals surface area contributed by atoms with Crippen LogP contribution in [0, 0.1) is 5.92 Å². The van der Waals surface area contributed by atoms with Crippen molar-refractivity contribution >= 4 is 23.6 Å². The van der Waals surface area contributed by atoms with Gasteiger partial charge in [0.25, 0.3) is 0 Å². The number of nitrogens with zero attached hydrogens (tertiary/aromatic N) is 1. The topological polar surface area (TPSA) is 58.6 Å². The van der Waals surface area contributed by atoms with E-state index in [4.69, 9.17) is 4.74 Å². The number of rotatable bonds is 7. The lowest BCUT2D eigenvalue weighted by Gasteiger charge is -2.25. The highest BCUT2D eigenvalue weighted by molar-refractivity contribution is 7.99. The Morgan fingerprint density at radius 3 is 2.59 bits per heavy atom. The fourth-order valence-electron chi connectivity index (χ4n) is 3.69. The maximum atomic E-state index is 12.7. The predicted molar refractivity (Wildman–Crippen MR) is 109 cm³/mol. The molecule has 2 fully saturated rings. The normalized spacial score (nSPS) is 20.3. The van der Waals surface area contributed by atoms with Gasteiger partial charge in [0.05, 0.1) is 12.4 Å². The van der Waals surface area contributed by atoms with E-state index in [0.29, 0.717) is 30.7 Å². The molecule has 5 nitrogen and oxygen atoms in total. The van der Waals surface area contributed by atoms with Gasteiger partial charge in [-0.25, -0.2) is 0 Å². The summed E-state index contributed by atoms with van der Waals surface area (Å²) in [6, 6.07) is 7.73. The van der Waals surface area contributed by atoms with Crippen molar-refractivity contribution in [3.63, 3.8) is 0 Å². The first-order valence-corrected chi connectivity index (χ1v) is 11.1. The van der Waals surface area contributed by atoms with Crippen molar-refractivity contribution in [2.75, 3.05) is 24.8 Å². The summed E-state index contributed by atoms with van der Waals surface area (Å²) in [4.78, 5) is 27.0. The molecule has 0 spiro atoms. The highest BCUT2D eigenvalue weighted by atomic mass is 32.2. The van der Waals surface area contributed by atoms with Crippen molar-refractivity contribution in [2.24, 2.45) is 5.92 Å². The zero-order valence-electron chi connectivity index (χ0n) is 16.3. The molecule has 1 aromatic rings. The van der Waals surface area contributed by atoms with Crippen molar-refractivity contribution < 1.29 is 14.3 Å². The molecule has 2 amide bonds. The van der Waals surface area contributed by atoms with Crippen molar-refractivity contribution in [2.45, 2.75) is 51.5 Å². The van der Waals surface area contributed by atoms with E-state index >= 15 is 0 Å². The SMILES string of the molecule is CC(C)c1ccc(OCCNC(=O)C2CSCN2C(=O)C2CCCC2)cc1. The lowest BCUT2D eigenvalue weighted by molar-refractivity contribution is -0.141. The monoisotopic (exact) mass is 390 g/mol. The zero-order chi connectivity index (χ0) is 19.2. The lowest BCUT2D eigenvalue weighted by Crippen LogP contribution is -2.49. The summed E-state index contributed by atoms with van der Waals surface area (Å²) in [5.74, 6) is 2.84. The number of hydrogen-bond donors (Lipinski definition) is 1. The molecule has 0 radical (unpaired) electrons. The third-order valence-corrected chi connectivity index (χ3v) is 6.40. The molecule has 6 heteroatoms. The van der Waals surface area contributed by atoms with Gasteiger partial charge < -0.3 is 15.0 Å². The van der Waals surface area contributed by atoms with E-state index in [-0.39, 0.29) is 23.8 Å². The highest BCUT2D eigenvalue weighted by Crippen LogP contribution is 2.30. The number of amides is 2. The molecule has 3 rings (SSSR count). The Morgan fingerprint density at radius 2 is 1.93 bits per heavy atom. The van der Waals surface area contributed by atoms with E-state index in [1.807, 2.05) is 12.1 Å². The molecule has 1 unspecified atom stereocenters. The Kier molecular flexibility index (Phi) is 7.05. The van der Waals surface area contributed by atoms with Crippen LogP contribution in [0.5, 0.6) is 5.75 Å². The van der Waals surface area contributed by atoms with Crippen LogP contribution >= 0.6 is 11.8 Å². The van der Waals surface area contributed by atoms with Gasteiger partial charge in [-0.1, -0.05) is 38.8 Å². The smallest absolute Gasteiger partial charge is 0.243 e. The summed E-state index contributed by atoms with van der Waals surface area (Å²) >= 11 is 1.66. The minimum atomic E-state index is -0.339.